The lowest BCUT2D eigenvalue weighted by molar-refractivity contribution is -0.117. The molecule has 1 N–H and O–H groups in total. The van der Waals surface area contributed by atoms with E-state index in [4.69, 9.17) is 0 Å². The van der Waals surface area contributed by atoms with E-state index in [1.54, 1.807) is 16.7 Å². The number of carbonyl (C=O) groups is 2. The largest absolute Gasteiger partial charge is 0.332 e. The number of hydrogen-bond donors (Lipinski definition) is 1. The first-order chi connectivity index (χ1) is 17.5. The van der Waals surface area contributed by atoms with Crippen molar-refractivity contribution in [3.8, 4) is 0 Å². The van der Waals surface area contributed by atoms with Crippen LogP contribution in [0.25, 0.3) is 0 Å². The summed E-state index contributed by atoms with van der Waals surface area (Å²) in [4.78, 5) is 31.8. The van der Waals surface area contributed by atoms with Gasteiger partial charge in [0.1, 0.15) is 5.01 Å². The third-order valence-corrected chi connectivity index (χ3v) is 8.41. The van der Waals surface area contributed by atoms with Gasteiger partial charge >= 0.3 is 6.03 Å². The molecule has 3 amide bonds. The van der Waals surface area contributed by atoms with E-state index >= 15 is 0 Å². The summed E-state index contributed by atoms with van der Waals surface area (Å²) in [7, 11) is 0. The molecular formula is C27H23N5O2S2. The Balaban J connectivity index is 1.22. The van der Waals surface area contributed by atoms with Gasteiger partial charge in [-0.05, 0) is 61.4 Å². The van der Waals surface area contributed by atoms with Gasteiger partial charge in [-0.3, -0.25) is 15.0 Å². The Morgan fingerprint density at radius 3 is 2.25 bits per heavy atom. The highest BCUT2D eigenvalue weighted by atomic mass is 32.2. The van der Waals surface area contributed by atoms with Crippen molar-refractivity contribution in [1.82, 2.24) is 10.2 Å². The van der Waals surface area contributed by atoms with Crippen LogP contribution < -0.4 is 15.1 Å². The number of nitrogens with one attached hydrogen (secondary N) is 1. The van der Waals surface area contributed by atoms with E-state index in [1.165, 1.54) is 11.3 Å². The number of fused-ring (bicyclic) bond motifs is 2. The van der Waals surface area contributed by atoms with Gasteiger partial charge in [0, 0.05) is 34.4 Å². The Kier molecular flexibility index (Phi) is 5.73. The maximum Gasteiger partial charge on any atom is 0.332 e. The molecule has 9 heteroatoms. The van der Waals surface area contributed by atoms with Crippen LogP contribution >= 0.6 is 23.1 Å². The highest BCUT2D eigenvalue weighted by Crippen LogP contribution is 2.48. The summed E-state index contributed by atoms with van der Waals surface area (Å²) in [5, 5.41) is 12.7. The Bertz CT molecular complexity index is 1440. The van der Waals surface area contributed by atoms with Crippen molar-refractivity contribution >= 4 is 57.2 Å². The van der Waals surface area contributed by atoms with E-state index in [2.05, 4.69) is 21.6 Å². The first-order valence-corrected chi connectivity index (χ1v) is 13.3. The number of para-hydroxylation sites is 2. The van der Waals surface area contributed by atoms with Crippen molar-refractivity contribution in [2.45, 2.75) is 36.0 Å². The molecule has 1 unspecified atom stereocenters. The molecule has 180 valence electrons. The van der Waals surface area contributed by atoms with E-state index in [0.717, 1.165) is 43.0 Å². The van der Waals surface area contributed by atoms with Crippen molar-refractivity contribution in [3.63, 3.8) is 0 Å². The third kappa shape index (κ3) is 4.14. The SMILES string of the molecule is Cc1cc(C)cc(N2CC(c3nnc(NC(=O)N4c5ccccc5Sc5ccccc54)s3)CC2=O)c1. The Morgan fingerprint density at radius 1 is 0.944 bits per heavy atom. The molecule has 2 aliphatic heterocycles. The molecule has 0 bridgehead atoms. The fourth-order valence-corrected chi connectivity index (χ4v) is 6.63. The number of urea groups is 1. The molecule has 1 saturated heterocycles. The van der Waals surface area contributed by atoms with E-state index in [0.29, 0.717) is 18.1 Å². The lowest BCUT2D eigenvalue weighted by Crippen LogP contribution is -2.32. The van der Waals surface area contributed by atoms with Crippen LogP contribution in [0.5, 0.6) is 0 Å². The molecule has 1 fully saturated rings. The molecule has 1 atom stereocenters. The number of anilines is 4. The minimum atomic E-state index is -0.294. The molecule has 36 heavy (non-hydrogen) atoms. The highest BCUT2D eigenvalue weighted by molar-refractivity contribution is 7.99. The van der Waals surface area contributed by atoms with E-state index < -0.39 is 0 Å². The van der Waals surface area contributed by atoms with Crippen LogP contribution in [0.1, 0.15) is 28.5 Å². The average molecular weight is 514 g/mol. The second-order valence-corrected chi connectivity index (χ2v) is 11.1. The lowest BCUT2D eigenvalue weighted by atomic mass is 10.1. The summed E-state index contributed by atoms with van der Waals surface area (Å²) in [5.74, 6) is 0.0131. The van der Waals surface area contributed by atoms with Crippen LogP contribution in [-0.2, 0) is 4.79 Å². The molecule has 0 radical (unpaired) electrons. The van der Waals surface area contributed by atoms with Gasteiger partial charge in [0.25, 0.3) is 0 Å². The maximum absolute atomic E-state index is 13.5. The summed E-state index contributed by atoms with van der Waals surface area (Å²) >= 11 is 2.97. The monoisotopic (exact) mass is 513 g/mol. The summed E-state index contributed by atoms with van der Waals surface area (Å²) in [6, 6.07) is 21.6. The maximum atomic E-state index is 13.5. The predicted octanol–water partition coefficient (Wildman–Crippen LogP) is 6.51. The minimum Gasteiger partial charge on any atom is -0.312 e. The zero-order chi connectivity index (χ0) is 24.8. The molecule has 7 nitrogen and oxygen atoms in total. The fourth-order valence-electron chi connectivity index (χ4n) is 4.75. The summed E-state index contributed by atoms with van der Waals surface area (Å²) in [5.41, 5.74) is 4.82. The van der Waals surface area contributed by atoms with Gasteiger partial charge in [-0.15, -0.1) is 10.2 Å². The second-order valence-electron chi connectivity index (χ2n) is 9.00. The molecule has 3 aromatic carbocycles. The Morgan fingerprint density at radius 2 is 1.58 bits per heavy atom. The zero-order valence-corrected chi connectivity index (χ0v) is 21.4. The number of carbonyl (C=O) groups excluding carboxylic acids is 2. The average Bonchev–Trinajstić information content (AvgIpc) is 3.48. The minimum absolute atomic E-state index is 0.0608. The fraction of sp³-hybridized carbons (Fsp3) is 0.185. The number of aryl methyl sites for hydroxylation is 2. The first kappa shape index (κ1) is 22.8. The zero-order valence-electron chi connectivity index (χ0n) is 19.8. The van der Waals surface area contributed by atoms with Crippen LogP contribution in [0.3, 0.4) is 0 Å². The number of hydrogen-bond acceptors (Lipinski definition) is 6. The number of amides is 3. The van der Waals surface area contributed by atoms with Crippen LogP contribution in [0, 0.1) is 13.8 Å². The molecule has 2 aliphatic rings. The van der Waals surface area contributed by atoms with Crippen molar-refractivity contribution < 1.29 is 9.59 Å². The van der Waals surface area contributed by atoms with Gasteiger partial charge in [-0.1, -0.05) is 53.4 Å². The lowest BCUT2D eigenvalue weighted by Gasteiger charge is -2.30. The van der Waals surface area contributed by atoms with Gasteiger partial charge < -0.3 is 4.90 Å². The number of nitrogens with zero attached hydrogens (tertiary/aromatic N) is 4. The number of aromatic nitrogens is 2. The second kappa shape index (κ2) is 9.07. The number of rotatable bonds is 3. The standard InChI is InChI=1S/C27H23N5O2S2/c1-16-11-17(2)13-19(12-16)31-15-18(14-24(31)33)25-29-30-26(36-25)28-27(34)32-20-7-3-5-9-22(20)35-23-10-6-4-8-21(23)32/h3-13,18H,14-15H2,1-2H3,(H,28,30,34). The van der Waals surface area contributed by atoms with Crippen LogP contribution in [0.4, 0.5) is 27.0 Å². The number of benzene rings is 3. The predicted molar refractivity (Wildman–Crippen MR) is 144 cm³/mol. The van der Waals surface area contributed by atoms with Gasteiger partial charge in [-0.2, -0.15) is 0 Å². The third-order valence-electron chi connectivity index (χ3n) is 6.28. The van der Waals surface area contributed by atoms with E-state index in [9.17, 15) is 9.59 Å². The quantitative estimate of drug-likeness (QED) is 0.338. The molecular weight excluding hydrogens is 490 g/mol. The van der Waals surface area contributed by atoms with Crippen molar-refractivity contribution in [1.29, 1.82) is 0 Å². The molecule has 6 rings (SSSR count). The van der Waals surface area contributed by atoms with Crippen LogP contribution in [0.2, 0.25) is 0 Å². The summed E-state index contributed by atoms with van der Waals surface area (Å²) < 4.78 is 0. The summed E-state index contributed by atoms with van der Waals surface area (Å²) in [6.07, 6.45) is 0.375. The van der Waals surface area contributed by atoms with Crippen LogP contribution in [-0.4, -0.2) is 28.7 Å². The topological polar surface area (TPSA) is 78.4 Å². The Hall–Kier alpha value is -3.69. The molecule has 4 aromatic rings. The summed E-state index contributed by atoms with van der Waals surface area (Å²) in [6.45, 7) is 4.62. The van der Waals surface area contributed by atoms with Crippen molar-refractivity contribution in [2.75, 3.05) is 21.7 Å². The molecule has 0 spiro atoms. The Labute approximate surface area is 217 Å². The first-order valence-electron chi connectivity index (χ1n) is 11.7. The molecule has 0 saturated carbocycles. The van der Waals surface area contributed by atoms with Gasteiger partial charge in [0.2, 0.25) is 11.0 Å². The van der Waals surface area contributed by atoms with Crippen molar-refractivity contribution in [3.05, 3.63) is 82.9 Å². The smallest absolute Gasteiger partial charge is 0.312 e. The molecule has 0 aliphatic carbocycles. The molecule has 3 heterocycles. The van der Waals surface area contributed by atoms with Crippen LogP contribution in [0.15, 0.2) is 76.5 Å². The van der Waals surface area contributed by atoms with Gasteiger partial charge in [0.05, 0.1) is 11.4 Å². The van der Waals surface area contributed by atoms with E-state index in [1.807, 2.05) is 79.4 Å². The highest BCUT2D eigenvalue weighted by Gasteiger charge is 2.34. The normalized spacial score (nSPS) is 16.6. The van der Waals surface area contributed by atoms with Gasteiger partial charge in [-0.25, -0.2) is 4.79 Å². The molecule has 1 aromatic heterocycles. The van der Waals surface area contributed by atoms with E-state index in [-0.39, 0.29) is 17.9 Å². The van der Waals surface area contributed by atoms with Crippen molar-refractivity contribution in [2.24, 2.45) is 0 Å². The van der Waals surface area contributed by atoms with Gasteiger partial charge in [0.15, 0.2) is 0 Å².